The monoisotopic (exact) mass is 1260 g/mol. The first kappa shape index (κ1) is 59.5. The summed E-state index contributed by atoms with van der Waals surface area (Å²) in [5.74, 6) is -11.7. The molecule has 0 N–H and O–H groups in total. The van der Waals surface area contributed by atoms with E-state index in [0.717, 1.165) is 33.4 Å². The summed E-state index contributed by atoms with van der Waals surface area (Å²) in [5, 5.41) is 0. The van der Waals surface area contributed by atoms with Gasteiger partial charge in [-0.2, -0.15) is 0 Å². The van der Waals surface area contributed by atoms with Crippen LogP contribution in [-0.2, 0) is 10.8 Å². The Kier molecular flexibility index (Phi) is 14.8. The number of anilines is 3. The van der Waals surface area contributed by atoms with Gasteiger partial charge in [-0.3, -0.25) is 0 Å². The van der Waals surface area contributed by atoms with Crippen LogP contribution in [0.15, 0.2) is 286 Å². The second kappa shape index (κ2) is 23.7. The van der Waals surface area contributed by atoms with Gasteiger partial charge in [0.05, 0.1) is 10.8 Å². The van der Waals surface area contributed by atoms with Crippen molar-refractivity contribution >= 4 is 29.2 Å². The van der Waals surface area contributed by atoms with Crippen LogP contribution in [0.1, 0.15) is 55.6 Å². The molecule has 460 valence electrons. The zero-order valence-corrected chi connectivity index (χ0v) is 50.3. The van der Waals surface area contributed by atoms with Crippen molar-refractivity contribution in [3.05, 3.63) is 388 Å². The van der Waals surface area contributed by atoms with Gasteiger partial charge in [0.2, 0.25) is 0 Å². The first-order valence-electron chi connectivity index (χ1n) is 30.5. The zero-order valence-electron chi connectivity index (χ0n) is 50.3. The second-order valence-corrected chi connectivity index (χ2v) is 23.4. The van der Waals surface area contributed by atoms with Gasteiger partial charge in [-0.15, -0.1) is 0 Å². The number of hydrogen-bond acceptors (Lipinski definition) is 3. The summed E-state index contributed by atoms with van der Waals surface area (Å²) in [6.07, 6.45) is 3.39. The lowest BCUT2D eigenvalue weighted by Crippen LogP contribution is -2.32. The minimum atomic E-state index is -2.05. The molecule has 0 saturated heterocycles. The lowest BCUT2D eigenvalue weighted by Gasteiger charge is -2.36. The Morgan fingerprint density at radius 2 is 0.642 bits per heavy atom. The van der Waals surface area contributed by atoms with E-state index in [2.05, 4.69) is 19.2 Å². The van der Waals surface area contributed by atoms with E-state index in [4.69, 9.17) is 9.47 Å². The van der Waals surface area contributed by atoms with Crippen molar-refractivity contribution in [1.82, 2.24) is 0 Å². The summed E-state index contributed by atoms with van der Waals surface area (Å²) in [5.41, 5.74) is 5.04. The largest absolute Gasteiger partial charge is 0.457 e. The van der Waals surface area contributed by atoms with Gasteiger partial charge in [-0.05, 0) is 180 Å². The molecule has 0 fully saturated rings. The van der Waals surface area contributed by atoms with E-state index in [1.165, 1.54) is 0 Å². The van der Waals surface area contributed by atoms with E-state index in [9.17, 15) is 0 Å². The van der Waals surface area contributed by atoms with Crippen LogP contribution < -0.4 is 14.4 Å². The number of halogens is 8. The average molecular weight is 1260 g/mol. The van der Waals surface area contributed by atoms with Gasteiger partial charge in [0.25, 0.3) is 0 Å². The molecule has 0 saturated carbocycles. The molecule has 11 heteroatoms. The maximum absolute atomic E-state index is 17.4. The van der Waals surface area contributed by atoms with E-state index in [-0.39, 0.29) is 22.3 Å². The van der Waals surface area contributed by atoms with Crippen LogP contribution in [0.5, 0.6) is 23.0 Å². The topological polar surface area (TPSA) is 21.7 Å². The van der Waals surface area contributed by atoms with Crippen molar-refractivity contribution < 1.29 is 44.6 Å². The number of benzene rings is 13. The molecule has 0 radical (unpaired) electrons. The van der Waals surface area contributed by atoms with E-state index in [0.29, 0.717) is 85.6 Å². The van der Waals surface area contributed by atoms with Gasteiger partial charge in [0, 0.05) is 40.3 Å². The summed E-state index contributed by atoms with van der Waals surface area (Å²) in [6, 6.07) is 78.7. The molecule has 0 aliphatic heterocycles. The molecule has 95 heavy (non-hydrogen) atoms. The number of rotatable bonds is 15. The number of fused-ring (bicyclic) bond motifs is 6. The van der Waals surface area contributed by atoms with E-state index in [1.54, 1.807) is 158 Å². The average Bonchev–Trinajstić information content (AvgIpc) is 1.56. The lowest BCUT2D eigenvalue weighted by molar-refractivity contribution is 0.416. The Balaban J connectivity index is 0.968. The maximum atomic E-state index is 17.4. The van der Waals surface area contributed by atoms with E-state index in [1.807, 2.05) is 114 Å². The van der Waals surface area contributed by atoms with Crippen molar-refractivity contribution in [2.24, 2.45) is 0 Å². The number of hydrogen-bond donors (Lipinski definition) is 0. The van der Waals surface area contributed by atoms with Crippen LogP contribution in [-0.4, -0.2) is 0 Å². The highest BCUT2D eigenvalue weighted by atomic mass is 19.2. The summed E-state index contributed by atoms with van der Waals surface area (Å²) in [7, 11) is 0. The van der Waals surface area contributed by atoms with Crippen LogP contribution in [0, 0.1) is 46.5 Å². The van der Waals surface area contributed by atoms with Gasteiger partial charge < -0.3 is 14.4 Å². The fourth-order valence-electron chi connectivity index (χ4n) is 14.0. The molecule has 2 unspecified atom stereocenters. The van der Waals surface area contributed by atoms with Crippen LogP contribution >= 0.6 is 0 Å². The smallest absolute Gasteiger partial charge is 0.194 e. The Morgan fingerprint density at radius 1 is 0.284 bits per heavy atom. The van der Waals surface area contributed by atoms with Gasteiger partial charge in [0.1, 0.15) is 34.6 Å². The summed E-state index contributed by atoms with van der Waals surface area (Å²) >= 11 is 0. The predicted octanol–water partition coefficient (Wildman–Crippen LogP) is 23.2. The highest BCUT2D eigenvalue weighted by Gasteiger charge is 2.52. The lowest BCUT2D eigenvalue weighted by atomic mass is 9.67. The molecular weight excluding hydrogens is 1210 g/mol. The van der Waals surface area contributed by atoms with Gasteiger partial charge in [0.15, 0.2) is 34.9 Å². The highest BCUT2D eigenvalue weighted by Crippen LogP contribution is 2.61. The molecule has 13 aromatic rings. The third kappa shape index (κ3) is 9.80. The van der Waals surface area contributed by atoms with Crippen LogP contribution in [0.3, 0.4) is 0 Å². The molecule has 2 aliphatic carbocycles. The molecule has 0 heterocycles. The quantitative estimate of drug-likeness (QED) is 0.0580. The molecule has 0 amide bonds. The van der Waals surface area contributed by atoms with Crippen molar-refractivity contribution in [1.29, 1.82) is 0 Å². The van der Waals surface area contributed by atoms with Crippen molar-refractivity contribution in [3.8, 4) is 67.5 Å². The fraction of sp³-hybridized carbons (Fsp3) is 0.0238. The number of nitrogens with zero attached hydrogens (tertiary/aromatic N) is 1. The Hall–Kier alpha value is -11.8. The summed E-state index contributed by atoms with van der Waals surface area (Å²) < 4.78 is 146. The molecule has 0 bridgehead atoms. The highest BCUT2D eigenvalue weighted by molar-refractivity contribution is 5.93. The Labute approximate surface area is 542 Å². The van der Waals surface area contributed by atoms with Gasteiger partial charge in [-0.1, -0.05) is 195 Å². The fourth-order valence-corrected chi connectivity index (χ4v) is 14.0. The minimum absolute atomic E-state index is 0.269. The molecule has 2 aliphatic rings. The van der Waals surface area contributed by atoms with Crippen LogP contribution in [0.4, 0.5) is 52.2 Å². The molecule has 13 aromatic carbocycles. The zero-order chi connectivity index (χ0) is 65.3. The first-order valence-corrected chi connectivity index (χ1v) is 30.5. The summed E-state index contributed by atoms with van der Waals surface area (Å²) in [4.78, 5) is 1.87. The molecular formula is C84H51F8NO2. The van der Waals surface area contributed by atoms with Gasteiger partial charge in [-0.25, -0.2) is 35.1 Å². The first-order chi connectivity index (χ1) is 46.3. The third-order valence-corrected chi connectivity index (χ3v) is 18.3. The minimum Gasteiger partial charge on any atom is -0.457 e. The van der Waals surface area contributed by atoms with Crippen LogP contribution in [0.2, 0.25) is 0 Å². The van der Waals surface area contributed by atoms with Crippen molar-refractivity contribution in [3.63, 3.8) is 0 Å². The molecule has 3 nitrogen and oxygen atoms in total. The van der Waals surface area contributed by atoms with E-state index >= 15 is 35.1 Å². The Bertz CT molecular complexity index is 4930. The number of ether oxygens (including phenoxy) is 2. The standard InChI is InChI=1S/C84H51F8NO2/c1-3-50-21-35-61(36-22-50)94-63-39-27-56(28-40-63)83(77-73(85)48-75(87)79(89)81(77)91)69-19-10-8-17-65(69)67-43-33-59(46-71(67)83)93(58-31-25-53(26-32-58)55-16-12-15-54(45-55)52-13-6-5-7-14-52)60-34-44-68-66-18-9-11-20-70(66)84(72(68)47-60,78-74(86)49-76(88)80(90)82(78)92)57-29-41-64(42-30-57)95-62-37-23-51(4-2)24-38-62/h3-49H,1-2H2. The van der Waals surface area contributed by atoms with Crippen LogP contribution in [0.25, 0.3) is 56.7 Å². The van der Waals surface area contributed by atoms with Crippen molar-refractivity contribution in [2.45, 2.75) is 10.8 Å². The second-order valence-electron chi connectivity index (χ2n) is 23.4. The predicted molar refractivity (Wildman–Crippen MR) is 359 cm³/mol. The molecule has 0 spiro atoms. The van der Waals surface area contributed by atoms with Gasteiger partial charge >= 0.3 is 0 Å². The molecule has 2 atom stereocenters. The van der Waals surface area contributed by atoms with E-state index < -0.39 is 68.5 Å². The van der Waals surface area contributed by atoms with Crippen molar-refractivity contribution in [2.75, 3.05) is 4.90 Å². The SMILES string of the molecule is C=Cc1ccc(Oc2ccc(C3(c4c(F)cc(F)c(F)c4F)c4ccccc4-c4ccc(N(c5ccc(-c6cccc(-c7ccccc7)c6)cc5)c5ccc6c(c5)C(c5ccc(Oc7ccc(C=C)cc7)cc5)(c5c(F)cc(F)c(F)c5F)c5ccccc5-6)cc43)cc2)cc1. The normalized spacial score (nSPS) is 14.9. The molecule has 15 rings (SSSR count). The molecule has 0 aromatic heterocycles. The summed E-state index contributed by atoms with van der Waals surface area (Å²) in [6.45, 7) is 7.66. The Morgan fingerprint density at radius 3 is 1.06 bits per heavy atom. The third-order valence-electron chi connectivity index (χ3n) is 18.3. The maximum Gasteiger partial charge on any atom is 0.194 e.